The first-order valence-electron chi connectivity index (χ1n) is 6.60. The zero-order chi connectivity index (χ0) is 13.9. The molecule has 104 valence electrons. The van der Waals surface area contributed by atoms with Gasteiger partial charge in [0, 0.05) is 24.1 Å². The molecule has 1 aliphatic heterocycles. The summed E-state index contributed by atoms with van der Waals surface area (Å²) in [5, 5.41) is 3.94. The number of amides is 1. The number of ether oxygens (including phenoxy) is 1. The lowest BCUT2D eigenvalue weighted by molar-refractivity contribution is 0.0442. The van der Waals surface area contributed by atoms with E-state index >= 15 is 0 Å². The SMILES string of the molecule is Cc1ccc(C(=O)NC2(CBr)CCOCC2)cc1C. The topological polar surface area (TPSA) is 38.3 Å². The van der Waals surface area contributed by atoms with E-state index in [1.165, 1.54) is 5.56 Å². The molecule has 1 N–H and O–H groups in total. The number of benzene rings is 1. The molecule has 1 aromatic carbocycles. The molecule has 0 bridgehead atoms. The Hall–Kier alpha value is -0.870. The number of hydrogen-bond donors (Lipinski definition) is 1. The first-order chi connectivity index (χ1) is 9.06. The van der Waals surface area contributed by atoms with Crippen LogP contribution in [0.25, 0.3) is 0 Å². The normalized spacial score (nSPS) is 18.1. The molecule has 0 aromatic heterocycles. The summed E-state index contributed by atoms with van der Waals surface area (Å²) in [4.78, 5) is 12.4. The van der Waals surface area contributed by atoms with Crippen LogP contribution in [0.3, 0.4) is 0 Å². The highest BCUT2D eigenvalue weighted by atomic mass is 79.9. The molecule has 0 radical (unpaired) electrons. The van der Waals surface area contributed by atoms with Gasteiger partial charge < -0.3 is 10.1 Å². The monoisotopic (exact) mass is 325 g/mol. The van der Waals surface area contributed by atoms with E-state index in [1.807, 2.05) is 25.1 Å². The first kappa shape index (κ1) is 14.5. The fourth-order valence-electron chi connectivity index (χ4n) is 2.25. The molecule has 4 heteroatoms. The minimum absolute atomic E-state index is 0.00412. The van der Waals surface area contributed by atoms with Crippen molar-refractivity contribution < 1.29 is 9.53 Å². The summed E-state index contributed by atoms with van der Waals surface area (Å²) >= 11 is 3.52. The number of nitrogens with one attached hydrogen (secondary N) is 1. The van der Waals surface area contributed by atoms with Crippen molar-refractivity contribution in [3.05, 3.63) is 34.9 Å². The predicted molar refractivity (Wildman–Crippen MR) is 80.0 cm³/mol. The van der Waals surface area contributed by atoms with Crippen LogP contribution in [0.15, 0.2) is 18.2 Å². The predicted octanol–water partition coefficient (Wildman–Crippen LogP) is 2.98. The van der Waals surface area contributed by atoms with Crippen molar-refractivity contribution in [1.82, 2.24) is 5.32 Å². The number of carbonyl (C=O) groups is 1. The zero-order valence-corrected chi connectivity index (χ0v) is 13.0. The largest absolute Gasteiger partial charge is 0.381 e. The number of alkyl halides is 1. The summed E-state index contributed by atoms with van der Waals surface area (Å²) in [5.74, 6) is 0.00412. The fourth-order valence-corrected chi connectivity index (χ4v) is 2.95. The summed E-state index contributed by atoms with van der Waals surface area (Å²) in [5.41, 5.74) is 2.91. The van der Waals surface area contributed by atoms with Gasteiger partial charge in [-0.2, -0.15) is 0 Å². The molecular formula is C15H20BrNO2. The van der Waals surface area contributed by atoms with Gasteiger partial charge in [0.1, 0.15) is 0 Å². The number of rotatable bonds is 3. The highest BCUT2D eigenvalue weighted by Gasteiger charge is 2.33. The maximum absolute atomic E-state index is 12.4. The van der Waals surface area contributed by atoms with E-state index in [4.69, 9.17) is 4.74 Å². The summed E-state index contributed by atoms with van der Waals surface area (Å²) in [6, 6.07) is 5.83. The van der Waals surface area contributed by atoms with Crippen LogP contribution in [-0.4, -0.2) is 30.0 Å². The molecule has 0 spiro atoms. The van der Waals surface area contributed by atoms with Crippen molar-refractivity contribution in [3.63, 3.8) is 0 Å². The second kappa shape index (κ2) is 6.06. The average molecular weight is 326 g/mol. The van der Waals surface area contributed by atoms with Gasteiger partial charge >= 0.3 is 0 Å². The third-order valence-corrected chi connectivity index (χ3v) is 4.93. The van der Waals surface area contributed by atoms with Crippen LogP contribution in [0, 0.1) is 13.8 Å². The Bertz CT molecular complexity index is 467. The maximum Gasteiger partial charge on any atom is 0.251 e. The summed E-state index contributed by atoms with van der Waals surface area (Å²) in [6.45, 7) is 5.49. The molecular weight excluding hydrogens is 306 g/mol. The Labute approximate surface area is 122 Å². The van der Waals surface area contributed by atoms with Crippen molar-refractivity contribution >= 4 is 21.8 Å². The number of hydrogen-bond acceptors (Lipinski definition) is 2. The lowest BCUT2D eigenvalue weighted by Gasteiger charge is -2.36. The van der Waals surface area contributed by atoms with Gasteiger partial charge in [0.15, 0.2) is 0 Å². The van der Waals surface area contributed by atoms with E-state index in [-0.39, 0.29) is 11.4 Å². The second-order valence-electron chi connectivity index (χ2n) is 5.28. The molecule has 1 aliphatic rings. The van der Waals surface area contributed by atoms with Gasteiger partial charge in [-0.15, -0.1) is 0 Å². The van der Waals surface area contributed by atoms with Gasteiger partial charge in [-0.3, -0.25) is 4.79 Å². The quantitative estimate of drug-likeness (QED) is 0.867. The third kappa shape index (κ3) is 3.37. The number of aryl methyl sites for hydroxylation is 2. The molecule has 1 fully saturated rings. The average Bonchev–Trinajstić information content (AvgIpc) is 2.43. The van der Waals surface area contributed by atoms with E-state index in [2.05, 4.69) is 28.2 Å². The second-order valence-corrected chi connectivity index (χ2v) is 5.84. The molecule has 1 saturated heterocycles. The Morgan fingerprint density at radius 2 is 2.00 bits per heavy atom. The minimum atomic E-state index is -0.172. The summed E-state index contributed by atoms with van der Waals surface area (Å²) in [6.07, 6.45) is 1.71. The molecule has 0 unspecified atom stereocenters. The van der Waals surface area contributed by atoms with Gasteiger partial charge in [-0.05, 0) is 49.9 Å². The van der Waals surface area contributed by atoms with Crippen LogP contribution < -0.4 is 5.32 Å². The van der Waals surface area contributed by atoms with Crippen LogP contribution in [0.1, 0.15) is 34.3 Å². The third-order valence-electron chi connectivity index (χ3n) is 3.85. The lowest BCUT2D eigenvalue weighted by Crippen LogP contribution is -2.53. The zero-order valence-electron chi connectivity index (χ0n) is 11.5. The molecule has 3 nitrogen and oxygen atoms in total. The van der Waals surface area contributed by atoms with Crippen LogP contribution in [0.2, 0.25) is 0 Å². The molecule has 0 saturated carbocycles. The van der Waals surface area contributed by atoms with E-state index in [1.54, 1.807) is 0 Å². The summed E-state index contributed by atoms with van der Waals surface area (Å²) < 4.78 is 5.38. The van der Waals surface area contributed by atoms with E-state index in [0.29, 0.717) is 13.2 Å². The highest BCUT2D eigenvalue weighted by molar-refractivity contribution is 9.09. The molecule has 0 atom stereocenters. The maximum atomic E-state index is 12.4. The van der Waals surface area contributed by atoms with E-state index in [9.17, 15) is 4.79 Å². The van der Waals surface area contributed by atoms with Crippen molar-refractivity contribution in [2.45, 2.75) is 32.2 Å². The Kier molecular flexibility index (Phi) is 4.63. The molecule has 1 heterocycles. The summed E-state index contributed by atoms with van der Waals surface area (Å²) in [7, 11) is 0. The van der Waals surface area contributed by atoms with Gasteiger partial charge in [0.25, 0.3) is 5.91 Å². The molecule has 0 aliphatic carbocycles. The van der Waals surface area contributed by atoms with Gasteiger partial charge in [-0.25, -0.2) is 0 Å². The van der Waals surface area contributed by atoms with E-state index in [0.717, 1.165) is 29.3 Å². The van der Waals surface area contributed by atoms with Gasteiger partial charge in [0.2, 0.25) is 0 Å². The van der Waals surface area contributed by atoms with Crippen LogP contribution in [-0.2, 0) is 4.74 Å². The smallest absolute Gasteiger partial charge is 0.251 e. The minimum Gasteiger partial charge on any atom is -0.381 e. The van der Waals surface area contributed by atoms with Crippen molar-refractivity contribution in [2.75, 3.05) is 18.5 Å². The lowest BCUT2D eigenvalue weighted by atomic mass is 9.92. The van der Waals surface area contributed by atoms with E-state index < -0.39 is 0 Å². The standard InChI is InChI=1S/C15H20BrNO2/c1-11-3-4-13(9-12(11)2)14(18)17-15(10-16)5-7-19-8-6-15/h3-4,9H,5-8,10H2,1-2H3,(H,17,18). The van der Waals surface area contributed by atoms with Crippen molar-refractivity contribution in [1.29, 1.82) is 0 Å². The van der Waals surface area contributed by atoms with Crippen LogP contribution in [0.5, 0.6) is 0 Å². The molecule has 2 rings (SSSR count). The molecule has 19 heavy (non-hydrogen) atoms. The van der Waals surface area contributed by atoms with Gasteiger partial charge in [-0.1, -0.05) is 22.0 Å². The van der Waals surface area contributed by atoms with Crippen LogP contribution >= 0.6 is 15.9 Å². The molecule has 1 amide bonds. The van der Waals surface area contributed by atoms with Crippen LogP contribution in [0.4, 0.5) is 0 Å². The van der Waals surface area contributed by atoms with Crippen molar-refractivity contribution in [3.8, 4) is 0 Å². The number of halogens is 1. The van der Waals surface area contributed by atoms with Crippen molar-refractivity contribution in [2.24, 2.45) is 0 Å². The molecule has 1 aromatic rings. The number of carbonyl (C=O) groups excluding carboxylic acids is 1. The Balaban J connectivity index is 2.12. The Morgan fingerprint density at radius 3 is 2.58 bits per heavy atom. The fraction of sp³-hybridized carbons (Fsp3) is 0.533. The highest BCUT2D eigenvalue weighted by Crippen LogP contribution is 2.23. The Morgan fingerprint density at radius 1 is 1.32 bits per heavy atom. The first-order valence-corrected chi connectivity index (χ1v) is 7.72. The van der Waals surface area contributed by atoms with Gasteiger partial charge in [0.05, 0.1) is 5.54 Å².